The minimum absolute atomic E-state index is 0.278. The number of carbonyl (C=O) groups excluding carboxylic acids is 2. The second-order valence-electron chi connectivity index (χ2n) is 6.47. The molecule has 0 aliphatic heterocycles. The Labute approximate surface area is 180 Å². The van der Waals surface area contributed by atoms with Gasteiger partial charge in [-0.15, -0.1) is 11.4 Å². The van der Waals surface area contributed by atoms with Crippen molar-refractivity contribution in [2.24, 2.45) is 0 Å². The topological polar surface area (TPSA) is 88.7 Å². The van der Waals surface area contributed by atoms with E-state index in [0.717, 1.165) is 17.9 Å². The van der Waals surface area contributed by atoms with Crippen LogP contribution in [-0.2, 0) is 20.5 Å². The van der Waals surface area contributed by atoms with Crippen LogP contribution in [0, 0.1) is 0 Å². The maximum Gasteiger partial charge on any atom is 0.331 e. The van der Waals surface area contributed by atoms with Crippen molar-refractivity contribution in [3.8, 4) is 5.75 Å². The molecule has 3 N–H and O–H groups in total. The molecule has 1 aromatic rings. The van der Waals surface area contributed by atoms with Crippen LogP contribution >= 0.6 is 48.1 Å². The van der Waals surface area contributed by atoms with Crippen LogP contribution in [0.2, 0.25) is 0 Å². The van der Waals surface area contributed by atoms with Crippen LogP contribution in [0.1, 0.15) is 19.4 Å². The Hall–Kier alpha value is -0.0500. The summed E-state index contributed by atoms with van der Waals surface area (Å²) in [7, 11) is 9.29. The number of ether oxygens (including phenoxy) is 1. The first kappa shape index (κ1) is 26.0. The van der Waals surface area contributed by atoms with Crippen LogP contribution in [0.5, 0.6) is 5.75 Å². The molecule has 0 aromatic heterocycles. The Bertz CT molecular complexity index is 637. The van der Waals surface area contributed by atoms with Gasteiger partial charge in [0.1, 0.15) is 24.4 Å². The van der Waals surface area contributed by atoms with E-state index in [2.05, 4.69) is 42.7 Å². The third-order valence-corrected chi connectivity index (χ3v) is 7.54. The summed E-state index contributed by atoms with van der Waals surface area (Å²) in [5.41, 5.74) is 0.882. The highest BCUT2D eigenvalue weighted by atomic mass is 32.7. The summed E-state index contributed by atoms with van der Waals surface area (Å²) in [6.07, 6.45) is 0.310. The number of hydrogen-bond donors (Lipinski definition) is 3. The summed E-state index contributed by atoms with van der Waals surface area (Å²) >= 11 is 1.48. The van der Waals surface area contributed by atoms with Gasteiger partial charge in [-0.3, -0.25) is 15.0 Å². The monoisotopic (exact) mass is 483 g/mol. The van der Waals surface area contributed by atoms with Crippen molar-refractivity contribution in [1.82, 2.24) is 15.5 Å². The average molecular weight is 483 g/mol. The van der Waals surface area contributed by atoms with Crippen LogP contribution < -0.4 is 20.2 Å². The molecule has 0 bridgehead atoms. The zero-order valence-electron chi connectivity index (χ0n) is 15.9. The summed E-state index contributed by atoms with van der Waals surface area (Å²) in [6, 6.07) is 6.10. The standard InChI is InChI=1S/C16H29N3O4P4S/c1-16(2,28-27)13(19-25)14(20)18-12(15(21)23-26)9-10-3-5-11(6-4-10)22-8-7-17-24/h3-6,12-13,17,19H,7-9,24-27H2,1-2H3,(H,18,20)/t12-,13+/m0/s1. The molecule has 28 heavy (non-hydrogen) atoms. The van der Waals surface area contributed by atoms with Crippen molar-refractivity contribution in [1.29, 1.82) is 0 Å². The van der Waals surface area contributed by atoms with Gasteiger partial charge in [0, 0.05) is 17.7 Å². The van der Waals surface area contributed by atoms with E-state index in [9.17, 15) is 9.59 Å². The Morgan fingerprint density at radius 3 is 2.36 bits per heavy atom. The summed E-state index contributed by atoms with van der Waals surface area (Å²) in [5.74, 6) is -0.0611. The van der Waals surface area contributed by atoms with Crippen LogP contribution in [0.25, 0.3) is 0 Å². The quantitative estimate of drug-likeness (QED) is 0.309. The van der Waals surface area contributed by atoms with Gasteiger partial charge in [-0.05, 0) is 31.5 Å². The predicted molar refractivity (Wildman–Crippen MR) is 129 cm³/mol. The molecule has 0 fully saturated rings. The number of rotatable bonds is 12. The van der Waals surface area contributed by atoms with E-state index in [1.165, 1.54) is 11.4 Å². The molecule has 6 atom stereocenters. The van der Waals surface area contributed by atoms with Crippen molar-refractivity contribution in [2.45, 2.75) is 37.1 Å². The van der Waals surface area contributed by atoms with E-state index in [0.29, 0.717) is 13.0 Å². The highest BCUT2D eigenvalue weighted by Gasteiger charge is 2.35. The highest BCUT2D eigenvalue weighted by molar-refractivity contribution is 8.44. The third-order valence-electron chi connectivity index (χ3n) is 4.02. The Balaban J connectivity index is 2.83. The van der Waals surface area contributed by atoms with Crippen LogP contribution in [0.3, 0.4) is 0 Å². The summed E-state index contributed by atoms with van der Waals surface area (Å²) in [5, 5.41) is 8.67. The highest BCUT2D eigenvalue weighted by Crippen LogP contribution is 2.34. The van der Waals surface area contributed by atoms with Crippen molar-refractivity contribution in [2.75, 3.05) is 13.2 Å². The fourth-order valence-electron chi connectivity index (χ4n) is 2.38. The van der Waals surface area contributed by atoms with E-state index in [1.807, 2.05) is 47.6 Å². The molecule has 0 saturated heterocycles. The molecule has 12 heteroatoms. The van der Waals surface area contributed by atoms with Crippen molar-refractivity contribution in [3.63, 3.8) is 0 Å². The molecule has 0 heterocycles. The fraction of sp³-hybridized carbons (Fsp3) is 0.500. The fourth-order valence-corrected chi connectivity index (χ4v) is 4.07. The lowest BCUT2D eigenvalue weighted by Crippen LogP contribution is -2.55. The van der Waals surface area contributed by atoms with E-state index >= 15 is 0 Å². The second kappa shape index (κ2) is 13.3. The van der Waals surface area contributed by atoms with Crippen LogP contribution in [0.15, 0.2) is 24.3 Å². The first-order chi connectivity index (χ1) is 13.3. The molecule has 0 aliphatic carbocycles. The average Bonchev–Trinajstić information content (AvgIpc) is 2.68. The lowest BCUT2D eigenvalue weighted by Gasteiger charge is -2.32. The zero-order valence-corrected chi connectivity index (χ0v) is 21.4. The molecule has 7 nitrogen and oxygen atoms in total. The van der Waals surface area contributed by atoms with Gasteiger partial charge in [0.25, 0.3) is 0 Å². The van der Waals surface area contributed by atoms with Gasteiger partial charge in [0.15, 0.2) is 0 Å². The smallest absolute Gasteiger partial charge is 0.331 e. The molecule has 1 amide bonds. The number of hydrogen-bond acceptors (Lipinski definition) is 7. The van der Waals surface area contributed by atoms with E-state index < -0.39 is 22.8 Å². The number of nitrogens with one attached hydrogen (secondary N) is 3. The minimum Gasteiger partial charge on any atom is -0.492 e. The second-order valence-corrected chi connectivity index (χ2v) is 9.44. The SMILES string of the molecule is CC(C)(SP)[C@H](NP)C(=O)N[C@@H](Cc1ccc(OCCNP)cc1)C(=O)OP. The lowest BCUT2D eigenvalue weighted by molar-refractivity contribution is -0.138. The minimum atomic E-state index is -0.802. The third kappa shape index (κ3) is 8.36. The molecule has 1 rings (SSSR count). The van der Waals surface area contributed by atoms with Gasteiger partial charge in [-0.1, -0.05) is 39.4 Å². The van der Waals surface area contributed by atoms with Crippen LogP contribution in [-0.4, -0.2) is 41.9 Å². The molecule has 0 spiro atoms. The van der Waals surface area contributed by atoms with E-state index in [4.69, 9.17) is 9.26 Å². The molecular weight excluding hydrogens is 454 g/mol. The first-order valence-corrected chi connectivity index (χ1v) is 12.4. The van der Waals surface area contributed by atoms with Gasteiger partial charge in [-0.2, -0.15) is 0 Å². The predicted octanol–water partition coefficient (Wildman–Crippen LogP) is 1.86. The molecule has 0 radical (unpaired) electrons. The molecule has 0 aliphatic rings. The maximum absolute atomic E-state index is 12.7. The van der Waals surface area contributed by atoms with Crippen LogP contribution in [0.4, 0.5) is 0 Å². The lowest BCUT2D eigenvalue weighted by atomic mass is 10.0. The zero-order chi connectivity index (χ0) is 21.2. The van der Waals surface area contributed by atoms with Gasteiger partial charge in [-0.25, -0.2) is 4.79 Å². The largest absolute Gasteiger partial charge is 0.492 e. The van der Waals surface area contributed by atoms with E-state index in [1.54, 1.807) is 0 Å². The molecule has 4 unspecified atom stereocenters. The normalized spacial score (nSPS) is 13.5. The van der Waals surface area contributed by atoms with Gasteiger partial charge >= 0.3 is 5.97 Å². The molecule has 158 valence electrons. The van der Waals surface area contributed by atoms with Gasteiger partial charge in [0.2, 0.25) is 5.91 Å². The Morgan fingerprint density at radius 2 is 1.86 bits per heavy atom. The van der Waals surface area contributed by atoms with Gasteiger partial charge < -0.3 is 14.6 Å². The van der Waals surface area contributed by atoms with E-state index in [-0.39, 0.29) is 5.91 Å². The van der Waals surface area contributed by atoms with Crippen molar-refractivity contribution < 1.29 is 18.8 Å². The molecule has 1 aromatic carbocycles. The number of benzene rings is 1. The number of amides is 1. The Kier molecular flexibility index (Phi) is 12.3. The molecule has 0 saturated carbocycles. The summed E-state index contributed by atoms with van der Waals surface area (Å²) in [6.45, 7) is 5.16. The van der Waals surface area contributed by atoms with Crippen molar-refractivity contribution >= 4 is 59.9 Å². The number of carbonyl (C=O) groups is 2. The maximum atomic E-state index is 12.7. The summed E-state index contributed by atoms with van der Waals surface area (Å²) < 4.78 is 9.98. The van der Waals surface area contributed by atoms with Crippen molar-refractivity contribution in [3.05, 3.63) is 29.8 Å². The Morgan fingerprint density at radius 1 is 1.21 bits per heavy atom. The van der Waals surface area contributed by atoms with Gasteiger partial charge in [0.05, 0.1) is 9.47 Å². The first-order valence-electron chi connectivity index (χ1n) is 8.49. The molecular formula is C16H29N3O4P4S. The summed E-state index contributed by atoms with van der Waals surface area (Å²) in [4.78, 5) is 24.9.